The largest absolute Gasteiger partial charge is 0.382 e. The number of nitrogens with zero attached hydrogens (tertiary/aromatic N) is 2. The molecule has 0 saturated heterocycles. The van der Waals surface area contributed by atoms with Crippen molar-refractivity contribution in [3.63, 3.8) is 0 Å². The van der Waals surface area contributed by atoms with Crippen molar-refractivity contribution in [2.24, 2.45) is 0 Å². The van der Waals surface area contributed by atoms with Crippen LogP contribution in [-0.2, 0) is 0 Å². The third-order valence-corrected chi connectivity index (χ3v) is 3.08. The molecule has 0 aliphatic rings. The lowest BCUT2D eigenvalue weighted by atomic mass is 10.1. The number of rotatable bonds is 1. The van der Waals surface area contributed by atoms with Crippen LogP contribution in [0.15, 0.2) is 18.2 Å². The van der Waals surface area contributed by atoms with Crippen molar-refractivity contribution in [2.75, 3.05) is 5.73 Å². The van der Waals surface area contributed by atoms with Crippen molar-refractivity contribution in [1.82, 2.24) is 9.97 Å². The van der Waals surface area contributed by atoms with Crippen LogP contribution in [-0.4, -0.2) is 9.97 Å². The molecule has 1 heterocycles. The zero-order chi connectivity index (χ0) is 12.6. The van der Waals surface area contributed by atoms with Crippen LogP contribution in [0.25, 0.3) is 11.3 Å². The molecule has 17 heavy (non-hydrogen) atoms. The van der Waals surface area contributed by atoms with E-state index in [1.54, 1.807) is 18.2 Å². The number of hydrogen-bond donors (Lipinski definition) is 1. The summed E-state index contributed by atoms with van der Waals surface area (Å²) in [4.78, 5) is 8.65. The van der Waals surface area contributed by atoms with E-state index in [0.29, 0.717) is 27.1 Å². The number of nitrogen functional groups attached to an aromatic ring is 1. The average Bonchev–Trinajstić information content (AvgIpc) is 2.27. The van der Waals surface area contributed by atoms with Crippen LogP contribution in [0.4, 0.5) is 5.82 Å². The maximum Gasteiger partial charge on any atom is 0.150 e. The van der Waals surface area contributed by atoms with Gasteiger partial charge < -0.3 is 5.73 Å². The van der Waals surface area contributed by atoms with Gasteiger partial charge >= 0.3 is 0 Å². The third kappa shape index (κ3) is 2.35. The third-order valence-electron chi connectivity index (χ3n) is 2.52. The van der Waals surface area contributed by atoms with Crippen molar-refractivity contribution in [2.45, 2.75) is 13.8 Å². The number of hydrogen-bond acceptors (Lipinski definition) is 3. The summed E-state index contributed by atoms with van der Waals surface area (Å²) in [5, 5.41) is 1.14. The van der Waals surface area contributed by atoms with Crippen LogP contribution in [0.5, 0.6) is 0 Å². The maximum absolute atomic E-state index is 6.11. The molecule has 2 rings (SSSR count). The lowest BCUT2D eigenvalue weighted by Gasteiger charge is -2.09. The van der Waals surface area contributed by atoms with Crippen LogP contribution in [0.3, 0.4) is 0 Å². The predicted molar refractivity (Wildman–Crippen MR) is 71.4 cm³/mol. The van der Waals surface area contributed by atoms with Gasteiger partial charge in [0.2, 0.25) is 0 Å². The van der Waals surface area contributed by atoms with Gasteiger partial charge in [-0.1, -0.05) is 23.2 Å². The minimum absolute atomic E-state index is 0.359. The molecule has 3 nitrogen and oxygen atoms in total. The fourth-order valence-electron chi connectivity index (χ4n) is 1.50. The molecule has 0 fully saturated rings. The van der Waals surface area contributed by atoms with Gasteiger partial charge in [0.05, 0.1) is 16.4 Å². The highest BCUT2D eigenvalue weighted by Gasteiger charge is 2.12. The minimum Gasteiger partial charge on any atom is -0.382 e. The predicted octanol–water partition coefficient (Wildman–Crippen LogP) is 3.65. The van der Waals surface area contributed by atoms with Crippen LogP contribution in [0, 0.1) is 13.8 Å². The summed E-state index contributed by atoms with van der Waals surface area (Å²) in [6.45, 7) is 3.74. The van der Waals surface area contributed by atoms with E-state index in [-0.39, 0.29) is 0 Å². The van der Waals surface area contributed by atoms with Gasteiger partial charge in [0, 0.05) is 10.6 Å². The molecule has 5 heteroatoms. The van der Waals surface area contributed by atoms with E-state index in [1.165, 1.54) is 0 Å². The molecule has 0 spiro atoms. The Morgan fingerprint density at radius 2 is 1.71 bits per heavy atom. The van der Waals surface area contributed by atoms with E-state index in [9.17, 15) is 0 Å². The number of nitrogens with two attached hydrogens (primary N) is 1. The summed E-state index contributed by atoms with van der Waals surface area (Å²) in [6.07, 6.45) is 0. The molecule has 1 aromatic heterocycles. The van der Waals surface area contributed by atoms with Crippen molar-refractivity contribution in [3.8, 4) is 11.3 Å². The number of aromatic nitrogens is 2. The van der Waals surface area contributed by atoms with Gasteiger partial charge in [-0.15, -0.1) is 0 Å². The second-order valence-corrected chi connectivity index (χ2v) is 4.60. The van der Waals surface area contributed by atoms with E-state index < -0.39 is 0 Å². The number of halogens is 2. The first kappa shape index (κ1) is 12.1. The fourth-order valence-corrected chi connectivity index (χ4v) is 1.88. The van der Waals surface area contributed by atoms with Crippen molar-refractivity contribution in [3.05, 3.63) is 39.6 Å². The zero-order valence-corrected chi connectivity index (χ0v) is 11.0. The molecule has 0 radical (unpaired) electrons. The number of aryl methyl sites for hydroxylation is 2. The topological polar surface area (TPSA) is 51.8 Å². The fraction of sp³-hybridized carbons (Fsp3) is 0.167. The van der Waals surface area contributed by atoms with Crippen LogP contribution < -0.4 is 5.73 Å². The highest BCUT2D eigenvalue weighted by atomic mass is 35.5. The molecular weight excluding hydrogens is 257 g/mol. The second-order valence-electron chi connectivity index (χ2n) is 3.75. The summed E-state index contributed by atoms with van der Waals surface area (Å²) in [7, 11) is 0. The lowest BCUT2D eigenvalue weighted by molar-refractivity contribution is 1.06. The Kier molecular flexibility index (Phi) is 3.22. The lowest BCUT2D eigenvalue weighted by Crippen LogP contribution is -2.02. The molecule has 0 bridgehead atoms. The Labute approximate surface area is 110 Å². The molecule has 2 aromatic rings. The Morgan fingerprint density at radius 3 is 2.41 bits per heavy atom. The first-order valence-corrected chi connectivity index (χ1v) is 5.81. The summed E-state index contributed by atoms with van der Waals surface area (Å²) in [6, 6.07) is 5.17. The smallest absolute Gasteiger partial charge is 0.150 e. The summed E-state index contributed by atoms with van der Waals surface area (Å²) in [5.41, 5.74) is 8.77. The molecule has 88 valence electrons. The van der Waals surface area contributed by atoms with E-state index in [4.69, 9.17) is 28.9 Å². The van der Waals surface area contributed by atoms with Crippen molar-refractivity contribution in [1.29, 1.82) is 0 Å². The Bertz CT molecular complexity index is 582. The van der Waals surface area contributed by atoms with Crippen molar-refractivity contribution < 1.29 is 0 Å². The highest BCUT2D eigenvalue weighted by molar-refractivity contribution is 6.35. The van der Waals surface area contributed by atoms with E-state index in [0.717, 1.165) is 11.4 Å². The molecule has 0 aliphatic heterocycles. The summed E-state index contributed by atoms with van der Waals surface area (Å²) in [5.74, 6) is 0.359. The monoisotopic (exact) mass is 267 g/mol. The Hall–Kier alpha value is -1.32. The van der Waals surface area contributed by atoms with Crippen molar-refractivity contribution >= 4 is 29.0 Å². The summed E-state index contributed by atoms with van der Waals surface area (Å²) < 4.78 is 0. The quantitative estimate of drug-likeness (QED) is 0.858. The van der Waals surface area contributed by atoms with Gasteiger partial charge in [0.25, 0.3) is 0 Å². The van der Waals surface area contributed by atoms with E-state index >= 15 is 0 Å². The Morgan fingerprint density at radius 1 is 1.06 bits per heavy atom. The van der Waals surface area contributed by atoms with E-state index in [1.807, 2.05) is 13.8 Å². The molecule has 0 saturated carbocycles. The first-order chi connectivity index (χ1) is 7.99. The van der Waals surface area contributed by atoms with E-state index in [2.05, 4.69) is 9.97 Å². The maximum atomic E-state index is 6.11. The van der Waals surface area contributed by atoms with Gasteiger partial charge in [-0.25, -0.2) is 9.97 Å². The highest BCUT2D eigenvalue weighted by Crippen LogP contribution is 2.32. The molecule has 2 N–H and O–H groups in total. The van der Waals surface area contributed by atoms with Gasteiger partial charge in [-0.05, 0) is 32.0 Å². The molecule has 0 amide bonds. The van der Waals surface area contributed by atoms with Crippen LogP contribution >= 0.6 is 23.2 Å². The summed E-state index contributed by atoms with van der Waals surface area (Å²) >= 11 is 12.1. The van der Waals surface area contributed by atoms with Crippen LogP contribution in [0.1, 0.15) is 11.4 Å². The van der Waals surface area contributed by atoms with Gasteiger partial charge in [0.15, 0.2) is 0 Å². The zero-order valence-electron chi connectivity index (χ0n) is 9.46. The minimum atomic E-state index is 0.359. The SMILES string of the molecule is Cc1nc(N)c(-c2cc(Cl)ccc2Cl)nc1C. The molecule has 0 unspecified atom stereocenters. The second kappa shape index (κ2) is 4.51. The molecular formula is C12H11Cl2N3. The molecule has 0 aliphatic carbocycles. The van der Waals surface area contributed by atoms with Crippen LogP contribution in [0.2, 0.25) is 10.0 Å². The molecule has 1 aromatic carbocycles. The number of anilines is 1. The van der Waals surface area contributed by atoms with Gasteiger partial charge in [-0.3, -0.25) is 0 Å². The number of benzene rings is 1. The van der Waals surface area contributed by atoms with Gasteiger partial charge in [-0.2, -0.15) is 0 Å². The average molecular weight is 268 g/mol. The molecule has 0 atom stereocenters. The van der Waals surface area contributed by atoms with Gasteiger partial charge in [0.1, 0.15) is 11.5 Å². The normalized spacial score (nSPS) is 10.6. The Balaban J connectivity index is 2.68. The standard InChI is InChI=1S/C12H11Cl2N3/c1-6-7(2)17-12(15)11(16-6)9-5-8(13)3-4-10(9)14/h3-5H,1-2H3,(H2,15,17). The first-order valence-electron chi connectivity index (χ1n) is 5.05.